The highest BCUT2D eigenvalue weighted by Gasteiger charge is 2.44. The minimum absolute atomic E-state index is 0.220. The largest absolute Gasteiger partial charge is 0.490 e. The number of phosphoric ester groups is 2. The first kappa shape index (κ1) is 57.7. The summed E-state index contributed by atoms with van der Waals surface area (Å²) in [4.78, 5) is 71.7. The Morgan fingerprint density at radius 3 is 1.58 bits per heavy atom. The Hall–Kier alpha value is -3.83. The number of rotatable bonds is 35. The molecule has 0 amide bonds. The fraction of sp³-hybridized carbons (Fsp3) is 0.574. The fourth-order valence-electron chi connectivity index (χ4n) is 7.01. The van der Waals surface area contributed by atoms with Crippen molar-refractivity contribution in [3.05, 3.63) is 104 Å². The van der Waals surface area contributed by atoms with Gasteiger partial charge in [0.2, 0.25) is 0 Å². The first-order valence-electron chi connectivity index (χ1n) is 23.9. The molecular weight excluding hydrogens is 957 g/mol. The number of nitrogens with one attached hydrogen (secondary N) is 1. The van der Waals surface area contributed by atoms with Gasteiger partial charge in [-0.3, -0.25) is 37.5 Å². The highest BCUT2D eigenvalue weighted by molar-refractivity contribution is 7.67. The molecule has 1 aliphatic rings. The summed E-state index contributed by atoms with van der Waals surface area (Å²) in [5, 5.41) is 0. The van der Waals surface area contributed by atoms with E-state index in [1.54, 1.807) is 0 Å². The van der Waals surface area contributed by atoms with Crippen molar-refractivity contribution in [2.45, 2.75) is 168 Å². The second kappa shape index (κ2) is 30.1. The fourth-order valence-corrected chi connectivity index (χ4v) is 11.0. The van der Waals surface area contributed by atoms with Crippen molar-refractivity contribution in [3.63, 3.8) is 0 Å². The lowest BCUT2D eigenvalue weighted by molar-refractivity contribution is -0.135. The minimum atomic E-state index is -5.81. The van der Waals surface area contributed by atoms with E-state index >= 15 is 0 Å². The highest BCUT2D eigenvalue weighted by Crippen LogP contribution is 2.69. The number of phosphoric acid groups is 3. The van der Waals surface area contributed by atoms with Crippen LogP contribution in [0.25, 0.3) is 0 Å². The van der Waals surface area contributed by atoms with Gasteiger partial charge >= 0.3 is 41.1 Å². The van der Waals surface area contributed by atoms with E-state index < -0.39 is 72.8 Å². The summed E-state index contributed by atoms with van der Waals surface area (Å²) in [6.45, 7) is 3.83. The maximum atomic E-state index is 14.0. The van der Waals surface area contributed by atoms with Crippen molar-refractivity contribution >= 4 is 35.4 Å². The summed E-state index contributed by atoms with van der Waals surface area (Å²) in [5.41, 5.74) is -0.469. The molecule has 22 heteroatoms. The number of ether oxygens (including phenoxy) is 3. The highest BCUT2D eigenvalue weighted by atomic mass is 31.3. The zero-order valence-electron chi connectivity index (χ0n) is 39.9. The van der Waals surface area contributed by atoms with Crippen molar-refractivity contribution < 1.29 is 69.5 Å². The van der Waals surface area contributed by atoms with E-state index in [9.17, 15) is 42.7 Å². The summed E-state index contributed by atoms with van der Waals surface area (Å²) in [5.74, 6) is -0.329. The van der Waals surface area contributed by atoms with Crippen LogP contribution < -0.4 is 20.7 Å². The van der Waals surface area contributed by atoms with E-state index in [0.717, 1.165) is 30.3 Å². The van der Waals surface area contributed by atoms with Crippen LogP contribution in [0, 0.1) is 6.92 Å². The smallest absolute Gasteiger partial charge is 0.427 e. The lowest BCUT2D eigenvalue weighted by Crippen LogP contribution is -2.33. The summed E-state index contributed by atoms with van der Waals surface area (Å²) < 4.78 is 82.3. The van der Waals surface area contributed by atoms with Crippen LogP contribution in [0.5, 0.6) is 11.5 Å². The van der Waals surface area contributed by atoms with Crippen LogP contribution >= 0.6 is 23.5 Å². The van der Waals surface area contributed by atoms with Gasteiger partial charge in [-0.05, 0) is 61.2 Å². The van der Waals surface area contributed by atoms with E-state index in [2.05, 4.69) is 16.2 Å². The Labute approximate surface area is 404 Å². The Morgan fingerprint density at radius 2 is 1.09 bits per heavy atom. The van der Waals surface area contributed by atoms with Crippen LogP contribution in [0.4, 0.5) is 0 Å². The number of nitrogens with zero attached hydrogens (tertiary/aromatic N) is 1. The van der Waals surface area contributed by atoms with Crippen molar-refractivity contribution in [1.29, 1.82) is 0 Å². The van der Waals surface area contributed by atoms with Gasteiger partial charge in [0.1, 0.15) is 17.6 Å². The molecule has 4 rings (SSSR count). The van der Waals surface area contributed by atoms with Gasteiger partial charge in [-0.25, -0.2) is 18.5 Å². The molecule has 3 unspecified atom stereocenters. The number of H-pyrrole nitrogens is 1. The molecule has 3 aromatic rings. The molecule has 19 nitrogen and oxygen atoms in total. The molecule has 2 aromatic carbocycles. The van der Waals surface area contributed by atoms with Gasteiger partial charge in [0.25, 0.3) is 5.56 Å². The van der Waals surface area contributed by atoms with E-state index in [0.29, 0.717) is 24.0 Å². The molecular formula is C47H69N2O17P3. The standard InChI is InChI=1S/C47H69N2O17P3/c1-4-6-8-9-10-11-12-13-14-15-16-17-18-19-20-22-45(51)64-41-29-25-39(26-30-41)35-61-69(58,60-34-38-23-27-40(28-24-38)63-44(50)21-7-5-2)66-68(56,57)65-67(54,55)59-36-42-31-32-43(62-42)49-33-37(3)46(52)48-47(49)53/h23-33,42-43H,4-22,34-36H2,1-3H3,(H,54,55)(H,56,57)(H,48,52,53)/t42-,43+,69?/m0/s1. The van der Waals surface area contributed by atoms with Crippen LogP contribution in [0.3, 0.4) is 0 Å². The molecule has 0 aliphatic carbocycles. The van der Waals surface area contributed by atoms with Gasteiger partial charge in [-0.1, -0.05) is 141 Å². The molecule has 0 bridgehead atoms. The van der Waals surface area contributed by atoms with Crippen molar-refractivity contribution in [2.24, 2.45) is 0 Å². The van der Waals surface area contributed by atoms with Crippen LogP contribution in [0.15, 0.2) is 76.5 Å². The summed E-state index contributed by atoms with van der Waals surface area (Å²) in [6.07, 6.45) is 22.2. The van der Waals surface area contributed by atoms with Crippen molar-refractivity contribution in [2.75, 3.05) is 6.61 Å². The maximum Gasteiger partial charge on any atom is 0.490 e. The number of benzene rings is 2. The number of carbonyl (C=O) groups is 2. The topological polar surface area (TPSA) is 255 Å². The Kier molecular flexibility index (Phi) is 25.2. The van der Waals surface area contributed by atoms with Gasteiger partial charge in [0.15, 0.2) is 6.23 Å². The van der Waals surface area contributed by atoms with Gasteiger partial charge < -0.3 is 24.0 Å². The molecule has 1 aromatic heterocycles. The normalized spacial score (nSPS) is 17.2. The molecule has 0 fully saturated rings. The van der Waals surface area contributed by atoms with E-state index in [1.807, 2.05) is 6.92 Å². The number of aryl methyl sites for hydroxylation is 1. The first-order chi connectivity index (χ1) is 33.0. The molecule has 0 radical (unpaired) electrons. The lowest BCUT2D eigenvalue weighted by Gasteiger charge is -2.22. The lowest BCUT2D eigenvalue weighted by atomic mass is 10.0. The number of aromatic nitrogens is 2. The maximum absolute atomic E-state index is 14.0. The molecule has 69 heavy (non-hydrogen) atoms. The predicted octanol–water partition coefficient (Wildman–Crippen LogP) is 11.4. The SMILES string of the molecule is CCCCCCCCCCCCCCCCCC(=O)Oc1ccc(COP(=O)(OCc2ccc(OC(=O)CCCC)cc2)OP(=O)(O)OP(=O)(O)OC[C@@H]2C=C[C@H](n3cc(C)c(=O)[nH]c3=O)O2)cc1. The Bertz CT molecular complexity index is 2330. The van der Waals surface area contributed by atoms with Gasteiger partial charge in [-0.2, -0.15) is 8.62 Å². The van der Waals surface area contributed by atoms with Crippen molar-refractivity contribution in [3.8, 4) is 11.5 Å². The zero-order chi connectivity index (χ0) is 50.1. The number of hydrogen-bond donors (Lipinski definition) is 3. The molecule has 384 valence electrons. The van der Waals surface area contributed by atoms with E-state index in [1.165, 1.54) is 144 Å². The third-order valence-electron chi connectivity index (χ3n) is 10.8. The summed E-state index contributed by atoms with van der Waals surface area (Å²) >= 11 is 0. The van der Waals surface area contributed by atoms with E-state index in [-0.39, 0.29) is 35.9 Å². The number of unbranched alkanes of at least 4 members (excludes halogenated alkanes) is 15. The average Bonchev–Trinajstić information content (AvgIpc) is 3.78. The molecule has 0 saturated heterocycles. The number of hydrogen-bond acceptors (Lipinski definition) is 15. The minimum Gasteiger partial charge on any atom is -0.427 e. The van der Waals surface area contributed by atoms with Crippen LogP contribution in [-0.2, 0) is 63.4 Å². The van der Waals surface area contributed by atoms with Gasteiger partial charge in [0.05, 0.1) is 19.8 Å². The Morgan fingerprint density at radius 1 is 0.623 bits per heavy atom. The van der Waals surface area contributed by atoms with Gasteiger partial charge in [-0.15, -0.1) is 0 Å². The second-order valence-electron chi connectivity index (χ2n) is 16.9. The first-order valence-corrected chi connectivity index (χ1v) is 28.3. The van der Waals surface area contributed by atoms with Crippen molar-refractivity contribution in [1.82, 2.24) is 9.55 Å². The van der Waals surface area contributed by atoms with Gasteiger partial charge in [0, 0.05) is 24.6 Å². The predicted molar refractivity (Wildman–Crippen MR) is 257 cm³/mol. The molecule has 1 aliphatic heterocycles. The third kappa shape index (κ3) is 22.9. The number of carbonyl (C=O) groups excluding carboxylic acids is 2. The van der Waals surface area contributed by atoms with Crippen LogP contribution in [0.2, 0.25) is 0 Å². The molecule has 0 spiro atoms. The number of aromatic amines is 1. The summed E-state index contributed by atoms with van der Waals surface area (Å²) in [6, 6.07) is 11.8. The van der Waals surface area contributed by atoms with Crippen LogP contribution in [0.1, 0.15) is 159 Å². The second-order valence-corrected chi connectivity index (χ2v) is 21.7. The quantitative estimate of drug-likeness (QED) is 0.0163. The third-order valence-corrected chi connectivity index (χ3v) is 15.5. The zero-order valence-corrected chi connectivity index (χ0v) is 42.6. The van der Waals surface area contributed by atoms with Crippen LogP contribution in [-0.4, -0.2) is 44.0 Å². The molecule has 0 saturated carbocycles. The molecule has 2 heterocycles. The average molecular weight is 1030 g/mol. The molecule has 5 atom stereocenters. The Balaban J connectivity index is 1.27. The molecule has 3 N–H and O–H groups in total. The number of esters is 2. The summed E-state index contributed by atoms with van der Waals surface area (Å²) in [7, 11) is -16.4. The monoisotopic (exact) mass is 1030 g/mol. The van der Waals surface area contributed by atoms with E-state index in [4.69, 9.17) is 32.1 Å².